The van der Waals surface area contributed by atoms with E-state index in [4.69, 9.17) is 4.74 Å². The molecule has 0 spiro atoms. The molecule has 1 unspecified atom stereocenters. The lowest BCUT2D eigenvalue weighted by Gasteiger charge is -2.12. The van der Waals surface area contributed by atoms with Gasteiger partial charge in [-0.3, -0.25) is 0 Å². The first-order valence-electron chi connectivity index (χ1n) is 6.32. The van der Waals surface area contributed by atoms with Crippen molar-refractivity contribution in [1.29, 1.82) is 0 Å². The monoisotopic (exact) mass is 248 g/mol. The normalized spacial score (nSPS) is 13.1. The second-order valence-electron chi connectivity index (χ2n) is 4.45. The molecule has 5 heteroatoms. The minimum atomic E-state index is 0.235. The molecule has 0 fully saturated rings. The van der Waals surface area contributed by atoms with Crippen LogP contribution < -0.4 is 5.32 Å². The van der Waals surface area contributed by atoms with Crippen LogP contribution in [0.4, 0.5) is 0 Å². The second kappa shape index (κ2) is 5.93. The van der Waals surface area contributed by atoms with Crippen molar-refractivity contribution < 1.29 is 4.74 Å². The summed E-state index contributed by atoms with van der Waals surface area (Å²) < 4.78 is 7.28. The highest BCUT2D eigenvalue weighted by molar-refractivity contribution is 5.38. The minimum absolute atomic E-state index is 0.235. The average Bonchev–Trinajstić information content (AvgIpc) is 2.69. The Morgan fingerprint density at radius 1 is 1.50 bits per heavy atom. The van der Waals surface area contributed by atoms with Crippen LogP contribution in [-0.2, 0) is 11.3 Å². The third-order valence-electron chi connectivity index (χ3n) is 2.70. The number of hydrogen-bond donors (Lipinski definition) is 1. The second-order valence-corrected chi connectivity index (χ2v) is 4.45. The Hall–Kier alpha value is -1.46. The summed E-state index contributed by atoms with van der Waals surface area (Å²) in [4.78, 5) is 4.37. The van der Waals surface area contributed by atoms with Crippen LogP contribution in [0.1, 0.15) is 25.1 Å². The van der Waals surface area contributed by atoms with Crippen molar-refractivity contribution >= 4 is 5.65 Å². The van der Waals surface area contributed by atoms with Gasteiger partial charge in [0.2, 0.25) is 0 Å². The van der Waals surface area contributed by atoms with E-state index in [2.05, 4.69) is 22.3 Å². The molecule has 0 aliphatic rings. The predicted molar refractivity (Wildman–Crippen MR) is 70.5 cm³/mol. The summed E-state index contributed by atoms with van der Waals surface area (Å²) in [5, 5.41) is 7.70. The number of nitrogens with zero attached hydrogens (tertiary/aromatic N) is 3. The molecule has 0 aromatic carbocycles. The fraction of sp³-hybridized carbons (Fsp3) is 0.538. The molecule has 1 N–H and O–H groups in total. The summed E-state index contributed by atoms with van der Waals surface area (Å²) in [6.45, 7) is 8.41. The number of fused-ring (bicyclic) bond motifs is 1. The van der Waals surface area contributed by atoms with Crippen LogP contribution in [0.2, 0.25) is 0 Å². The third kappa shape index (κ3) is 3.27. The average molecular weight is 248 g/mol. The predicted octanol–water partition coefficient (Wildman–Crippen LogP) is 1.55. The topological polar surface area (TPSA) is 51.5 Å². The van der Waals surface area contributed by atoms with Crippen molar-refractivity contribution in [2.75, 3.05) is 13.2 Å². The van der Waals surface area contributed by atoms with Crippen molar-refractivity contribution in [2.45, 2.75) is 33.4 Å². The van der Waals surface area contributed by atoms with Crippen LogP contribution in [0, 0.1) is 6.92 Å². The van der Waals surface area contributed by atoms with E-state index in [0.717, 1.165) is 36.6 Å². The first kappa shape index (κ1) is 13.0. The number of nitrogens with one attached hydrogen (secondary N) is 1. The van der Waals surface area contributed by atoms with E-state index in [1.165, 1.54) is 0 Å². The lowest BCUT2D eigenvalue weighted by molar-refractivity contribution is 0.0759. The number of ether oxygens (including phenoxy) is 1. The van der Waals surface area contributed by atoms with Crippen molar-refractivity contribution in [3.63, 3.8) is 0 Å². The Labute approximate surface area is 107 Å². The van der Waals surface area contributed by atoms with Gasteiger partial charge in [0, 0.05) is 43.7 Å². The molecule has 18 heavy (non-hydrogen) atoms. The van der Waals surface area contributed by atoms with Gasteiger partial charge < -0.3 is 10.1 Å². The molecule has 2 rings (SSSR count). The Morgan fingerprint density at radius 3 is 3.11 bits per heavy atom. The highest BCUT2D eigenvalue weighted by Gasteiger charge is 2.02. The van der Waals surface area contributed by atoms with Crippen molar-refractivity contribution in [3.8, 4) is 0 Å². The molecular weight excluding hydrogens is 228 g/mol. The maximum absolute atomic E-state index is 5.46. The number of rotatable bonds is 6. The van der Waals surface area contributed by atoms with Crippen LogP contribution in [0.3, 0.4) is 0 Å². The van der Waals surface area contributed by atoms with E-state index < -0.39 is 0 Å². The van der Waals surface area contributed by atoms with Gasteiger partial charge in [0.15, 0.2) is 5.65 Å². The summed E-state index contributed by atoms with van der Waals surface area (Å²) >= 11 is 0. The zero-order valence-corrected chi connectivity index (χ0v) is 11.2. The molecule has 0 saturated carbocycles. The van der Waals surface area contributed by atoms with Crippen LogP contribution in [-0.4, -0.2) is 33.9 Å². The van der Waals surface area contributed by atoms with E-state index in [0.29, 0.717) is 0 Å². The summed E-state index contributed by atoms with van der Waals surface area (Å²) in [5.74, 6) is 0. The Bertz CT molecular complexity index is 509. The highest BCUT2D eigenvalue weighted by Crippen LogP contribution is 2.04. The van der Waals surface area contributed by atoms with Gasteiger partial charge in [-0.15, -0.1) is 0 Å². The fourth-order valence-electron chi connectivity index (χ4n) is 1.89. The van der Waals surface area contributed by atoms with Crippen LogP contribution in [0.15, 0.2) is 18.5 Å². The van der Waals surface area contributed by atoms with Gasteiger partial charge >= 0.3 is 0 Å². The molecule has 5 nitrogen and oxygen atoms in total. The van der Waals surface area contributed by atoms with Gasteiger partial charge in [0.1, 0.15) is 0 Å². The minimum Gasteiger partial charge on any atom is -0.377 e. The number of hydrogen-bond acceptors (Lipinski definition) is 4. The van der Waals surface area contributed by atoms with Gasteiger partial charge in [-0.1, -0.05) is 0 Å². The Morgan fingerprint density at radius 2 is 2.33 bits per heavy atom. The van der Waals surface area contributed by atoms with Gasteiger partial charge in [-0.05, 0) is 20.8 Å². The summed E-state index contributed by atoms with van der Waals surface area (Å²) in [7, 11) is 0. The standard InChI is InChI=1S/C13H20N4O/c1-4-18-11(3)6-14-7-12-8-15-13-5-10(2)16-17(13)9-12/h5,8-9,11,14H,4,6-7H2,1-3H3. The first-order valence-corrected chi connectivity index (χ1v) is 6.32. The third-order valence-corrected chi connectivity index (χ3v) is 2.70. The lowest BCUT2D eigenvalue weighted by atomic mass is 10.3. The van der Waals surface area contributed by atoms with Crippen molar-refractivity contribution in [3.05, 3.63) is 29.7 Å². The van der Waals surface area contributed by atoms with E-state index in [1.807, 2.05) is 36.8 Å². The van der Waals surface area contributed by atoms with E-state index in [-0.39, 0.29) is 6.10 Å². The van der Waals surface area contributed by atoms with Crippen molar-refractivity contribution in [2.24, 2.45) is 0 Å². The smallest absolute Gasteiger partial charge is 0.155 e. The SMILES string of the molecule is CCOC(C)CNCc1cnc2cc(C)nn2c1. The molecule has 0 saturated heterocycles. The molecular formula is C13H20N4O. The molecule has 0 amide bonds. The highest BCUT2D eigenvalue weighted by atomic mass is 16.5. The van der Waals surface area contributed by atoms with Crippen LogP contribution >= 0.6 is 0 Å². The molecule has 98 valence electrons. The largest absolute Gasteiger partial charge is 0.377 e. The van der Waals surface area contributed by atoms with Gasteiger partial charge in [0.05, 0.1) is 11.8 Å². The molecule has 2 aromatic heterocycles. The fourth-order valence-corrected chi connectivity index (χ4v) is 1.89. The van der Waals surface area contributed by atoms with Crippen LogP contribution in [0.5, 0.6) is 0 Å². The molecule has 0 aliphatic heterocycles. The Balaban J connectivity index is 1.91. The van der Waals surface area contributed by atoms with E-state index in [1.54, 1.807) is 0 Å². The first-order chi connectivity index (χ1) is 8.69. The zero-order chi connectivity index (χ0) is 13.0. The van der Waals surface area contributed by atoms with Gasteiger partial charge in [-0.25, -0.2) is 9.50 Å². The van der Waals surface area contributed by atoms with Gasteiger partial charge in [0.25, 0.3) is 0 Å². The van der Waals surface area contributed by atoms with E-state index in [9.17, 15) is 0 Å². The summed E-state index contributed by atoms with van der Waals surface area (Å²) in [6, 6.07) is 1.97. The van der Waals surface area contributed by atoms with Gasteiger partial charge in [-0.2, -0.15) is 5.10 Å². The summed E-state index contributed by atoms with van der Waals surface area (Å²) in [5.41, 5.74) is 2.99. The molecule has 2 heterocycles. The molecule has 1 atom stereocenters. The maximum Gasteiger partial charge on any atom is 0.155 e. The van der Waals surface area contributed by atoms with Crippen LogP contribution in [0.25, 0.3) is 5.65 Å². The molecule has 0 radical (unpaired) electrons. The molecule has 0 bridgehead atoms. The zero-order valence-electron chi connectivity index (χ0n) is 11.2. The Kier molecular flexibility index (Phi) is 4.28. The number of aryl methyl sites for hydroxylation is 1. The van der Waals surface area contributed by atoms with E-state index >= 15 is 0 Å². The quantitative estimate of drug-likeness (QED) is 0.842. The lowest BCUT2D eigenvalue weighted by Crippen LogP contribution is -2.26. The number of aromatic nitrogens is 3. The van der Waals surface area contributed by atoms with Crippen molar-refractivity contribution in [1.82, 2.24) is 19.9 Å². The maximum atomic E-state index is 5.46. The summed E-state index contributed by atoms with van der Waals surface area (Å²) in [6.07, 6.45) is 4.13. The molecule has 0 aliphatic carbocycles. The molecule has 2 aromatic rings.